The highest BCUT2D eigenvalue weighted by Crippen LogP contribution is 2.03. The molecule has 0 amide bonds. The van der Waals surface area contributed by atoms with Gasteiger partial charge < -0.3 is 0 Å². The summed E-state index contributed by atoms with van der Waals surface area (Å²) in [6.07, 6.45) is 7.79. The third kappa shape index (κ3) is 2.38. The Balaban J connectivity index is 1.65. The second kappa shape index (κ2) is 4.50. The number of nitrogens with one attached hydrogen (secondary N) is 2. The summed E-state index contributed by atoms with van der Waals surface area (Å²) in [6, 6.07) is 0. The molecule has 0 fully saturated rings. The van der Waals surface area contributed by atoms with Crippen LogP contribution in [-0.4, -0.2) is 30.8 Å². The molecule has 0 aliphatic carbocycles. The molecule has 2 aromatic heterocycles. The molecule has 0 aromatic carbocycles. The van der Waals surface area contributed by atoms with Gasteiger partial charge in [0, 0.05) is 12.4 Å². The molecule has 2 rings (SSSR count). The van der Waals surface area contributed by atoms with Crippen LogP contribution < -0.4 is 0 Å². The SMILES string of the molecule is c1[nH]nnc1CCCCc1c[nH]nn1. The van der Waals surface area contributed by atoms with E-state index >= 15 is 0 Å². The Morgan fingerprint density at radius 2 is 1.36 bits per heavy atom. The van der Waals surface area contributed by atoms with Gasteiger partial charge in [-0.15, -0.1) is 10.2 Å². The normalized spacial score (nSPS) is 10.6. The molecule has 0 bridgehead atoms. The van der Waals surface area contributed by atoms with E-state index in [1.54, 1.807) is 0 Å². The molecule has 0 saturated carbocycles. The van der Waals surface area contributed by atoms with Crippen LogP contribution in [-0.2, 0) is 12.8 Å². The molecular weight excluding hydrogens is 180 g/mol. The number of unbranched alkanes of at least 4 members (excludes halogenated alkanes) is 1. The Kier molecular flexibility index (Phi) is 2.85. The largest absolute Gasteiger partial charge is 0.265 e. The first kappa shape index (κ1) is 8.86. The van der Waals surface area contributed by atoms with Crippen molar-refractivity contribution >= 4 is 0 Å². The first-order valence-electron chi connectivity index (χ1n) is 4.66. The van der Waals surface area contributed by atoms with Crippen LogP contribution in [0.1, 0.15) is 24.2 Å². The molecule has 74 valence electrons. The Bertz CT molecular complexity index is 302. The Morgan fingerprint density at radius 1 is 0.857 bits per heavy atom. The van der Waals surface area contributed by atoms with Crippen LogP contribution in [0.2, 0.25) is 0 Å². The quantitative estimate of drug-likeness (QED) is 0.675. The zero-order chi connectivity index (χ0) is 9.64. The number of aromatic amines is 2. The molecule has 0 unspecified atom stereocenters. The van der Waals surface area contributed by atoms with Crippen molar-refractivity contribution in [3.63, 3.8) is 0 Å². The summed E-state index contributed by atoms with van der Waals surface area (Å²) in [7, 11) is 0. The van der Waals surface area contributed by atoms with Gasteiger partial charge in [0.05, 0.1) is 11.4 Å². The van der Waals surface area contributed by atoms with Crippen molar-refractivity contribution in [3.05, 3.63) is 23.8 Å². The van der Waals surface area contributed by atoms with Gasteiger partial charge in [0.1, 0.15) is 0 Å². The molecule has 2 heterocycles. The van der Waals surface area contributed by atoms with E-state index in [0.717, 1.165) is 37.1 Å². The van der Waals surface area contributed by atoms with E-state index in [-0.39, 0.29) is 0 Å². The van der Waals surface area contributed by atoms with Gasteiger partial charge in [-0.25, -0.2) is 0 Å². The maximum Gasteiger partial charge on any atom is 0.0824 e. The van der Waals surface area contributed by atoms with Gasteiger partial charge in [-0.05, 0) is 25.7 Å². The Morgan fingerprint density at radius 3 is 1.71 bits per heavy atom. The van der Waals surface area contributed by atoms with Crippen LogP contribution in [0.5, 0.6) is 0 Å². The van der Waals surface area contributed by atoms with Crippen molar-refractivity contribution in [1.82, 2.24) is 30.8 Å². The molecule has 2 aromatic rings. The van der Waals surface area contributed by atoms with E-state index in [4.69, 9.17) is 0 Å². The van der Waals surface area contributed by atoms with E-state index in [1.807, 2.05) is 12.4 Å². The summed E-state index contributed by atoms with van der Waals surface area (Å²) in [5.41, 5.74) is 2.04. The molecule has 0 spiro atoms. The zero-order valence-corrected chi connectivity index (χ0v) is 7.77. The summed E-state index contributed by atoms with van der Waals surface area (Å²) < 4.78 is 0. The highest BCUT2D eigenvalue weighted by atomic mass is 15.3. The summed E-state index contributed by atoms with van der Waals surface area (Å²) in [4.78, 5) is 0. The molecule has 6 heteroatoms. The summed E-state index contributed by atoms with van der Waals surface area (Å²) >= 11 is 0. The van der Waals surface area contributed by atoms with Gasteiger partial charge in [0.25, 0.3) is 0 Å². The van der Waals surface area contributed by atoms with Crippen LogP contribution in [0.3, 0.4) is 0 Å². The molecule has 0 atom stereocenters. The van der Waals surface area contributed by atoms with Gasteiger partial charge in [-0.1, -0.05) is 10.4 Å². The molecule has 14 heavy (non-hydrogen) atoms. The van der Waals surface area contributed by atoms with E-state index in [1.165, 1.54) is 0 Å². The van der Waals surface area contributed by atoms with Crippen molar-refractivity contribution in [3.8, 4) is 0 Å². The van der Waals surface area contributed by atoms with Gasteiger partial charge in [0.15, 0.2) is 0 Å². The lowest BCUT2D eigenvalue weighted by molar-refractivity contribution is 0.707. The van der Waals surface area contributed by atoms with Gasteiger partial charge in [-0.2, -0.15) is 0 Å². The van der Waals surface area contributed by atoms with Crippen molar-refractivity contribution < 1.29 is 0 Å². The maximum atomic E-state index is 3.91. The average Bonchev–Trinajstić information content (AvgIpc) is 2.86. The molecule has 2 N–H and O–H groups in total. The highest BCUT2D eigenvalue weighted by molar-refractivity contribution is 4.92. The Hall–Kier alpha value is -1.72. The van der Waals surface area contributed by atoms with Crippen LogP contribution in [0, 0.1) is 0 Å². The fourth-order valence-electron chi connectivity index (χ4n) is 1.31. The number of H-pyrrole nitrogens is 2. The third-order valence-electron chi connectivity index (χ3n) is 2.05. The minimum atomic E-state index is 0.967. The topological polar surface area (TPSA) is 83.1 Å². The van der Waals surface area contributed by atoms with Crippen molar-refractivity contribution in [2.75, 3.05) is 0 Å². The van der Waals surface area contributed by atoms with Crippen molar-refractivity contribution in [2.45, 2.75) is 25.7 Å². The monoisotopic (exact) mass is 192 g/mol. The van der Waals surface area contributed by atoms with Crippen molar-refractivity contribution in [1.29, 1.82) is 0 Å². The molecule has 0 aliphatic rings. The summed E-state index contributed by atoms with van der Waals surface area (Å²) in [5, 5.41) is 20.5. The molecule has 6 nitrogen and oxygen atoms in total. The lowest BCUT2D eigenvalue weighted by atomic mass is 10.1. The minimum Gasteiger partial charge on any atom is -0.265 e. The van der Waals surface area contributed by atoms with Crippen LogP contribution in [0.4, 0.5) is 0 Å². The van der Waals surface area contributed by atoms with E-state index in [0.29, 0.717) is 0 Å². The lowest BCUT2D eigenvalue weighted by Gasteiger charge is -1.94. The van der Waals surface area contributed by atoms with E-state index < -0.39 is 0 Å². The van der Waals surface area contributed by atoms with E-state index in [9.17, 15) is 0 Å². The van der Waals surface area contributed by atoms with E-state index in [2.05, 4.69) is 30.8 Å². The molecule has 0 saturated heterocycles. The van der Waals surface area contributed by atoms with Crippen LogP contribution in [0.25, 0.3) is 0 Å². The standard InChI is InChI=1S/C8H12N6/c1(3-7-5-9-13-11-7)2-4-8-6-10-14-12-8/h5-6H,1-4H2,(H,9,11,13)(H,10,12,14). The summed E-state index contributed by atoms with van der Waals surface area (Å²) in [6.45, 7) is 0. The molecular formula is C8H12N6. The first-order chi connectivity index (χ1) is 6.95. The zero-order valence-electron chi connectivity index (χ0n) is 7.77. The minimum absolute atomic E-state index is 0.967. The molecule has 0 aliphatic heterocycles. The smallest absolute Gasteiger partial charge is 0.0824 e. The molecule has 0 radical (unpaired) electrons. The number of rotatable bonds is 5. The second-order valence-corrected chi connectivity index (χ2v) is 3.14. The highest BCUT2D eigenvalue weighted by Gasteiger charge is 1.98. The van der Waals surface area contributed by atoms with Gasteiger partial charge >= 0.3 is 0 Å². The Labute approximate surface area is 81.1 Å². The number of aryl methyl sites for hydroxylation is 2. The predicted molar refractivity (Wildman–Crippen MR) is 49.4 cm³/mol. The maximum absolute atomic E-state index is 3.91. The van der Waals surface area contributed by atoms with Crippen LogP contribution in [0.15, 0.2) is 12.4 Å². The number of hydrogen-bond acceptors (Lipinski definition) is 4. The number of aromatic nitrogens is 6. The van der Waals surface area contributed by atoms with Crippen molar-refractivity contribution in [2.24, 2.45) is 0 Å². The predicted octanol–water partition coefficient (Wildman–Crippen LogP) is 0.488. The van der Waals surface area contributed by atoms with Crippen LogP contribution >= 0.6 is 0 Å². The fourth-order valence-corrected chi connectivity index (χ4v) is 1.31. The third-order valence-corrected chi connectivity index (χ3v) is 2.05. The first-order valence-corrected chi connectivity index (χ1v) is 4.66. The average molecular weight is 192 g/mol. The number of hydrogen-bond donors (Lipinski definition) is 2. The fraction of sp³-hybridized carbons (Fsp3) is 0.500. The number of nitrogens with zero attached hydrogens (tertiary/aromatic N) is 4. The van der Waals surface area contributed by atoms with Gasteiger partial charge in [0.2, 0.25) is 0 Å². The lowest BCUT2D eigenvalue weighted by Crippen LogP contribution is -1.90. The second-order valence-electron chi connectivity index (χ2n) is 3.14. The summed E-state index contributed by atoms with van der Waals surface area (Å²) in [5.74, 6) is 0. The van der Waals surface area contributed by atoms with Gasteiger partial charge in [-0.3, -0.25) is 10.2 Å².